The lowest BCUT2D eigenvalue weighted by Gasteiger charge is -2.11. The number of amides is 1. The number of hydrogen-bond acceptors (Lipinski definition) is 6. The van der Waals surface area contributed by atoms with Gasteiger partial charge in [-0.2, -0.15) is 15.5 Å². The van der Waals surface area contributed by atoms with Gasteiger partial charge >= 0.3 is 5.69 Å². The van der Waals surface area contributed by atoms with Crippen molar-refractivity contribution in [3.63, 3.8) is 0 Å². The van der Waals surface area contributed by atoms with Gasteiger partial charge in [0, 0.05) is 12.7 Å². The molecule has 1 atom stereocenters. The molecule has 1 N–H and O–H groups in total. The van der Waals surface area contributed by atoms with E-state index in [2.05, 4.69) is 15.5 Å². The van der Waals surface area contributed by atoms with Crippen LogP contribution < -0.4 is 5.32 Å². The van der Waals surface area contributed by atoms with Gasteiger partial charge in [0.05, 0.1) is 10.6 Å². The van der Waals surface area contributed by atoms with Crippen molar-refractivity contribution < 1.29 is 9.72 Å². The van der Waals surface area contributed by atoms with E-state index in [0.29, 0.717) is 12.2 Å². The Morgan fingerprint density at radius 1 is 1.52 bits per heavy atom. The lowest BCUT2D eigenvalue weighted by molar-refractivity contribution is -0.385. The lowest BCUT2D eigenvalue weighted by atomic mass is 10.3. The topological polar surface area (TPSA) is 132 Å². The number of anilines is 1. The minimum Gasteiger partial charge on any atom is -0.320 e. The number of carbonyl (C=O) groups is 1. The summed E-state index contributed by atoms with van der Waals surface area (Å²) in [5.74, 6) is -0.449. The van der Waals surface area contributed by atoms with Crippen molar-refractivity contribution in [3.8, 4) is 6.07 Å². The highest BCUT2D eigenvalue weighted by Crippen LogP contribution is 2.20. The van der Waals surface area contributed by atoms with Crippen LogP contribution in [-0.4, -0.2) is 30.4 Å². The van der Waals surface area contributed by atoms with Gasteiger partial charge in [-0.15, -0.1) is 0 Å². The molecule has 0 aliphatic heterocycles. The van der Waals surface area contributed by atoms with Crippen molar-refractivity contribution >= 4 is 17.3 Å². The van der Waals surface area contributed by atoms with Gasteiger partial charge in [-0.3, -0.25) is 24.3 Å². The van der Waals surface area contributed by atoms with Crippen LogP contribution in [0.3, 0.4) is 0 Å². The molecule has 2 aromatic rings. The summed E-state index contributed by atoms with van der Waals surface area (Å²) in [5.41, 5.74) is 0.479. The molecular formula is C13H15N7O3. The summed E-state index contributed by atoms with van der Waals surface area (Å²) in [7, 11) is 0. The van der Waals surface area contributed by atoms with Crippen molar-refractivity contribution in [1.82, 2.24) is 19.6 Å². The summed E-state index contributed by atoms with van der Waals surface area (Å²) in [6.07, 6.45) is 2.76. The molecule has 120 valence electrons. The number of nitriles is 1. The van der Waals surface area contributed by atoms with Gasteiger partial charge in [-0.1, -0.05) is 0 Å². The highest BCUT2D eigenvalue weighted by atomic mass is 16.6. The zero-order chi connectivity index (χ0) is 17.1. The molecule has 10 nitrogen and oxygen atoms in total. The van der Waals surface area contributed by atoms with Crippen LogP contribution in [0, 0.1) is 28.4 Å². The zero-order valence-electron chi connectivity index (χ0n) is 12.8. The van der Waals surface area contributed by atoms with Crippen LogP contribution in [0.5, 0.6) is 0 Å². The van der Waals surface area contributed by atoms with E-state index in [9.17, 15) is 14.9 Å². The summed E-state index contributed by atoms with van der Waals surface area (Å²) in [5, 5.41) is 30.5. The molecule has 2 aromatic heterocycles. The molecule has 1 amide bonds. The molecule has 2 heterocycles. The van der Waals surface area contributed by atoms with Crippen molar-refractivity contribution in [2.24, 2.45) is 0 Å². The maximum Gasteiger partial charge on any atom is 0.309 e. The third-order valence-electron chi connectivity index (χ3n) is 3.31. The van der Waals surface area contributed by atoms with Gasteiger partial charge in [0.25, 0.3) is 0 Å². The SMILES string of the molecule is CCn1cc(NC(=O)[C@H](C)n2cc([N+](=O)[O-])c(C)n2)c(C#N)n1. The molecule has 0 aliphatic rings. The van der Waals surface area contributed by atoms with Crippen molar-refractivity contribution in [1.29, 1.82) is 5.26 Å². The van der Waals surface area contributed by atoms with Crippen LogP contribution in [0.4, 0.5) is 11.4 Å². The van der Waals surface area contributed by atoms with Gasteiger partial charge in [-0.25, -0.2) is 0 Å². The molecule has 0 saturated heterocycles. The van der Waals surface area contributed by atoms with E-state index in [1.165, 1.54) is 22.5 Å². The average Bonchev–Trinajstić information content (AvgIpc) is 3.09. The fraction of sp³-hybridized carbons (Fsp3) is 0.385. The lowest BCUT2D eigenvalue weighted by Crippen LogP contribution is -2.24. The zero-order valence-corrected chi connectivity index (χ0v) is 12.8. The van der Waals surface area contributed by atoms with E-state index in [4.69, 9.17) is 5.26 Å². The summed E-state index contributed by atoms with van der Waals surface area (Å²) in [4.78, 5) is 22.6. The fourth-order valence-electron chi connectivity index (χ4n) is 1.96. The highest BCUT2D eigenvalue weighted by molar-refractivity contribution is 5.94. The molecule has 0 spiro atoms. The number of carbonyl (C=O) groups excluding carboxylic acids is 1. The maximum absolute atomic E-state index is 12.3. The molecule has 0 radical (unpaired) electrons. The Morgan fingerprint density at radius 3 is 2.74 bits per heavy atom. The van der Waals surface area contributed by atoms with Crippen LogP contribution >= 0.6 is 0 Å². The molecule has 0 aromatic carbocycles. The Hall–Kier alpha value is -3.22. The summed E-state index contributed by atoms with van der Waals surface area (Å²) < 4.78 is 2.75. The normalized spacial score (nSPS) is 11.7. The standard InChI is InChI=1S/C13H15N7O3/c1-4-18-6-11(10(5-14)17-18)15-13(21)9(3)19-7-12(20(22)23)8(2)16-19/h6-7,9H,4H2,1-3H3,(H,15,21)/t9-/m0/s1. The van der Waals surface area contributed by atoms with E-state index in [1.54, 1.807) is 13.1 Å². The monoisotopic (exact) mass is 317 g/mol. The van der Waals surface area contributed by atoms with Gasteiger partial charge in [0.15, 0.2) is 5.69 Å². The van der Waals surface area contributed by atoms with Crippen LogP contribution in [0.15, 0.2) is 12.4 Å². The second-order valence-electron chi connectivity index (χ2n) is 4.86. The van der Waals surface area contributed by atoms with Gasteiger partial charge in [0.1, 0.15) is 24.0 Å². The predicted octanol–water partition coefficient (Wildman–Crippen LogP) is 1.39. The van der Waals surface area contributed by atoms with Crippen LogP contribution in [-0.2, 0) is 11.3 Å². The van der Waals surface area contributed by atoms with E-state index >= 15 is 0 Å². The molecule has 0 fully saturated rings. The van der Waals surface area contributed by atoms with E-state index in [-0.39, 0.29) is 17.1 Å². The molecule has 0 aliphatic carbocycles. The smallest absolute Gasteiger partial charge is 0.309 e. The Morgan fingerprint density at radius 2 is 2.22 bits per heavy atom. The number of nitrogens with zero attached hydrogens (tertiary/aromatic N) is 6. The van der Waals surface area contributed by atoms with Crippen molar-refractivity contribution in [2.45, 2.75) is 33.4 Å². The first kappa shape index (κ1) is 16.2. The second-order valence-corrected chi connectivity index (χ2v) is 4.86. The number of aromatic nitrogens is 4. The molecule has 0 bridgehead atoms. The van der Waals surface area contributed by atoms with Gasteiger partial charge < -0.3 is 5.32 Å². The van der Waals surface area contributed by atoms with Crippen LogP contribution in [0.2, 0.25) is 0 Å². The largest absolute Gasteiger partial charge is 0.320 e. The second kappa shape index (κ2) is 6.27. The van der Waals surface area contributed by atoms with E-state index in [0.717, 1.165) is 0 Å². The minimum atomic E-state index is -0.779. The molecule has 0 unspecified atom stereocenters. The maximum atomic E-state index is 12.3. The third-order valence-corrected chi connectivity index (χ3v) is 3.31. The average molecular weight is 317 g/mol. The minimum absolute atomic E-state index is 0.107. The molecule has 10 heteroatoms. The number of nitrogens with one attached hydrogen (secondary N) is 1. The molecule has 2 rings (SSSR count). The number of hydrogen-bond donors (Lipinski definition) is 1. The quantitative estimate of drug-likeness (QED) is 0.654. The highest BCUT2D eigenvalue weighted by Gasteiger charge is 2.23. The third kappa shape index (κ3) is 3.18. The first-order valence-corrected chi connectivity index (χ1v) is 6.86. The Kier molecular flexibility index (Phi) is 4.40. The number of aryl methyl sites for hydroxylation is 2. The fourth-order valence-corrected chi connectivity index (χ4v) is 1.96. The predicted molar refractivity (Wildman–Crippen MR) is 79.6 cm³/mol. The molecule has 0 saturated carbocycles. The molecular weight excluding hydrogens is 302 g/mol. The first-order valence-electron chi connectivity index (χ1n) is 6.86. The number of rotatable bonds is 5. The summed E-state index contributed by atoms with van der Waals surface area (Å²) >= 11 is 0. The van der Waals surface area contributed by atoms with E-state index < -0.39 is 16.9 Å². The van der Waals surface area contributed by atoms with Crippen molar-refractivity contribution in [2.75, 3.05) is 5.32 Å². The van der Waals surface area contributed by atoms with Gasteiger partial charge in [-0.05, 0) is 20.8 Å². The Bertz CT molecular complexity index is 799. The summed E-state index contributed by atoms with van der Waals surface area (Å²) in [6.45, 7) is 5.47. The Balaban J connectivity index is 2.21. The Labute approximate surface area is 131 Å². The number of nitro groups is 1. The molecule has 23 heavy (non-hydrogen) atoms. The summed E-state index contributed by atoms with van der Waals surface area (Å²) in [6, 6.07) is 1.13. The van der Waals surface area contributed by atoms with Crippen LogP contribution in [0.25, 0.3) is 0 Å². The first-order chi connectivity index (χ1) is 10.9. The van der Waals surface area contributed by atoms with Crippen LogP contribution in [0.1, 0.15) is 31.3 Å². The van der Waals surface area contributed by atoms with Gasteiger partial charge in [0.2, 0.25) is 5.91 Å². The van der Waals surface area contributed by atoms with E-state index in [1.807, 2.05) is 13.0 Å². The van der Waals surface area contributed by atoms with Crippen molar-refractivity contribution in [3.05, 3.63) is 33.9 Å².